The van der Waals surface area contributed by atoms with E-state index in [1.807, 2.05) is 0 Å². The Morgan fingerprint density at radius 3 is 2.11 bits per heavy atom. The fourth-order valence-electron chi connectivity index (χ4n) is 1.35. The van der Waals surface area contributed by atoms with Crippen LogP contribution in [0.2, 0.25) is 0 Å². The highest BCUT2D eigenvalue weighted by atomic mass is 16.5. The quantitative estimate of drug-likeness (QED) is 0.546. The lowest BCUT2D eigenvalue weighted by Crippen LogP contribution is -2.16. The van der Waals surface area contributed by atoms with Crippen LogP contribution in [0.1, 0.15) is 32.1 Å². The van der Waals surface area contributed by atoms with Crippen molar-refractivity contribution in [2.24, 2.45) is 5.92 Å². The fraction of sp³-hybridized carbons (Fsp3) is 0.857. The monoisotopic (exact) mass is 129 g/mol. The Morgan fingerprint density at radius 2 is 1.78 bits per heavy atom. The largest absolute Gasteiger partial charge is 0.481 e. The summed E-state index contributed by atoms with van der Waals surface area (Å²) in [5, 5.41) is 8.54. The van der Waals surface area contributed by atoms with Crippen LogP contribution < -0.4 is 0 Å². The Morgan fingerprint density at radius 1 is 1.22 bits per heavy atom. The van der Waals surface area contributed by atoms with Gasteiger partial charge in [0.25, 0.3) is 0 Å². The van der Waals surface area contributed by atoms with Gasteiger partial charge in [0.1, 0.15) is 0 Å². The average molecular weight is 129 g/mol. The molecule has 0 aliphatic heterocycles. The van der Waals surface area contributed by atoms with Crippen LogP contribution in [0.15, 0.2) is 0 Å². The first-order chi connectivity index (χ1) is 4.30. The highest BCUT2D eigenvalue weighted by molar-refractivity contribution is 5.69. The predicted molar refractivity (Wildman–Crippen MR) is 34.2 cm³/mol. The van der Waals surface area contributed by atoms with Crippen molar-refractivity contribution in [3.63, 3.8) is 0 Å². The van der Waals surface area contributed by atoms with E-state index >= 15 is 0 Å². The maximum Gasteiger partial charge on any atom is 0.306 e. The van der Waals surface area contributed by atoms with Crippen LogP contribution in [-0.2, 0) is 4.79 Å². The van der Waals surface area contributed by atoms with Crippen molar-refractivity contribution in [1.82, 2.24) is 0 Å². The van der Waals surface area contributed by atoms with Crippen molar-refractivity contribution in [2.45, 2.75) is 32.1 Å². The van der Waals surface area contributed by atoms with Crippen LogP contribution in [0.5, 0.6) is 0 Å². The van der Waals surface area contributed by atoms with Crippen LogP contribution >= 0.6 is 0 Å². The number of carboxylic acid groups (broad SMARTS) is 1. The molecule has 52 valence electrons. The summed E-state index contributed by atoms with van der Waals surface area (Å²) in [4.78, 5) is 10.4. The van der Waals surface area contributed by atoms with Crippen molar-refractivity contribution in [2.75, 3.05) is 0 Å². The van der Waals surface area contributed by atoms with Gasteiger partial charge in [0.15, 0.2) is 0 Å². The summed E-state index contributed by atoms with van der Waals surface area (Å²) in [6, 6.07) is 0. The number of hydrogen-bond acceptors (Lipinski definition) is 1. The smallest absolute Gasteiger partial charge is 0.306 e. The number of aliphatic carboxylic acids is 1. The third-order valence-electron chi connectivity index (χ3n) is 1.95. The molecule has 1 aliphatic rings. The second-order valence-electron chi connectivity index (χ2n) is 2.67. The van der Waals surface area contributed by atoms with Crippen LogP contribution in [0.3, 0.4) is 0 Å². The molecule has 1 rings (SSSR count). The minimum Gasteiger partial charge on any atom is -0.481 e. The molecule has 0 spiro atoms. The first-order valence-corrected chi connectivity index (χ1v) is 3.53. The predicted octanol–water partition coefficient (Wildman–Crippen LogP) is 1.65. The molecule has 0 heterocycles. The summed E-state index contributed by atoms with van der Waals surface area (Å²) >= 11 is 0. The Kier molecular flexibility index (Phi) is 2.09. The molecule has 0 aromatic rings. The van der Waals surface area contributed by atoms with E-state index in [-0.39, 0.29) is 5.92 Å². The van der Waals surface area contributed by atoms with Crippen LogP contribution in [0.25, 0.3) is 0 Å². The molecule has 0 aromatic carbocycles. The Hall–Kier alpha value is -0.530. The highest BCUT2D eigenvalue weighted by Gasteiger charge is 2.19. The first-order valence-electron chi connectivity index (χ1n) is 3.53. The van der Waals surface area contributed by atoms with Crippen LogP contribution in [0, 0.1) is 5.92 Å². The van der Waals surface area contributed by atoms with Gasteiger partial charge in [-0.3, -0.25) is 4.79 Å². The number of carbonyl (C=O) groups is 1. The van der Waals surface area contributed by atoms with E-state index in [4.69, 9.17) is 5.11 Å². The first kappa shape index (κ1) is 6.59. The highest BCUT2D eigenvalue weighted by Crippen LogP contribution is 2.23. The van der Waals surface area contributed by atoms with Gasteiger partial charge in [0.05, 0.1) is 5.92 Å². The molecule has 1 fully saturated rings. The minimum atomic E-state index is -0.602. The molecule has 0 saturated heterocycles. The average Bonchev–Trinajstić information content (AvgIpc) is 1.90. The van der Waals surface area contributed by atoms with Crippen molar-refractivity contribution >= 4 is 5.97 Å². The summed E-state index contributed by atoms with van der Waals surface area (Å²) in [6.45, 7) is 0. The molecule has 1 aliphatic carbocycles. The molecular formula is C7H12O2. The Bertz CT molecular complexity index is 103. The van der Waals surface area contributed by atoms with Crippen LogP contribution in [-0.4, -0.2) is 11.1 Å². The lowest BCUT2D eigenvalue weighted by atomic mass is 9.94. The third kappa shape index (κ3) is 1.70. The molecule has 0 atom stereocenters. The van der Waals surface area contributed by atoms with Gasteiger partial charge in [-0.25, -0.2) is 0 Å². The second-order valence-corrected chi connectivity index (χ2v) is 2.67. The maximum absolute atomic E-state index is 10.4. The van der Waals surface area contributed by atoms with E-state index in [0.29, 0.717) is 0 Å². The molecule has 0 bridgehead atoms. The number of hydrogen-bond donors (Lipinski definition) is 1. The summed E-state index contributed by atoms with van der Waals surface area (Å²) in [7, 11) is 0. The summed E-state index contributed by atoms with van der Waals surface area (Å²) in [5.41, 5.74) is 0. The maximum atomic E-state index is 10.4. The topological polar surface area (TPSA) is 37.3 Å². The molecule has 0 aromatic heterocycles. The van der Waals surface area contributed by atoms with Gasteiger partial charge in [-0.05, 0) is 12.8 Å². The van der Waals surface area contributed by atoms with Crippen molar-refractivity contribution in [1.29, 1.82) is 0 Å². The van der Waals surface area contributed by atoms with Crippen molar-refractivity contribution in [3.8, 4) is 0 Å². The van der Waals surface area contributed by atoms with Gasteiger partial charge in [-0.1, -0.05) is 19.3 Å². The van der Waals surface area contributed by atoms with Gasteiger partial charge in [0.2, 0.25) is 0 Å². The zero-order valence-corrected chi connectivity index (χ0v) is 5.47. The normalized spacial score (nSPS) is 21.8. The summed E-state index contributed by atoms with van der Waals surface area (Å²) < 4.78 is 0. The molecule has 0 radical (unpaired) electrons. The van der Waals surface area contributed by atoms with Crippen molar-refractivity contribution in [3.05, 3.63) is 0 Å². The lowest BCUT2D eigenvalue weighted by Gasteiger charge is -2.16. The molecule has 0 unspecified atom stereocenters. The molecule has 0 amide bonds. The van der Waals surface area contributed by atoms with E-state index < -0.39 is 5.97 Å². The van der Waals surface area contributed by atoms with E-state index in [9.17, 15) is 4.79 Å². The van der Waals surface area contributed by atoms with Gasteiger partial charge >= 0.3 is 5.97 Å². The van der Waals surface area contributed by atoms with E-state index in [1.165, 1.54) is 6.42 Å². The van der Waals surface area contributed by atoms with E-state index in [0.717, 1.165) is 25.7 Å². The molecule has 1 saturated carbocycles. The second kappa shape index (κ2) is 2.85. The molecule has 2 nitrogen and oxygen atoms in total. The number of rotatable bonds is 1. The SMILES string of the molecule is O=[13C](O)C1CCCCC1. The Balaban J connectivity index is 2.31. The molecular weight excluding hydrogens is 117 g/mol. The summed E-state index contributed by atoms with van der Waals surface area (Å²) in [6.07, 6.45) is 5.24. The zero-order valence-electron chi connectivity index (χ0n) is 5.47. The number of carboxylic acids is 1. The fourth-order valence-corrected chi connectivity index (χ4v) is 1.35. The third-order valence-corrected chi connectivity index (χ3v) is 1.95. The lowest BCUT2D eigenvalue weighted by molar-refractivity contribution is -0.142. The summed E-state index contributed by atoms with van der Waals surface area (Å²) in [5.74, 6) is -0.631. The standard InChI is InChI=1S/C7H12O2/c8-7(9)6-4-2-1-3-5-6/h6H,1-5H2,(H,8,9)/i7+1. The molecule has 9 heavy (non-hydrogen) atoms. The molecule has 1 N–H and O–H groups in total. The van der Waals surface area contributed by atoms with Crippen LogP contribution in [0.4, 0.5) is 0 Å². The zero-order chi connectivity index (χ0) is 6.69. The molecule has 2 heteroatoms. The van der Waals surface area contributed by atoms with E-state index in [2.05, 4.69) is 0 Å². The minimum absolute atomic E-state index is 0.0289. The van der Waals surface area contributed by atoms with E-state index in [1.54, 1.807) is 0 Å². The van der Waals surface area contributed by atoms with Gasteiger partial charge in [-0.15, -0.1) is 0 Å². The van der Waals surface area contributed by atoms with Crippen molar-refractivity contribution < 1.29 is 9.90 Å². The van der Waals surface area contributed by atoms with Gasteiger partial charge in [-0.2, -0.15) is 0 Å². The van der Waals surface area contributed by atoms with Gasteiger partial charge in [0, 0.05) is 0 Å². The Labute approximate surface area is 54.9 Å². The van der Waals surface area contributed by atoms with Gasteiger partial charge < -0.3 is 5.11 Å².